The van der Waals surface area contributed by atoms with Gasteiger partial charge < -0.3 is 4.90 Å². The fourth-order valence-electron chi connectivity index (χ4n) is 2.14. The summed E-state index contributed by atoms with van der Waals surface area (Å²) < 4.78 is 14.1. The van der Waals surface area contributed by atoms with E-state index in [-0.39, 0.29) is 5.56 Å². The highest BCUT2D eigenvalue weighted by molar-refractivity contribution is 5.48. The van der Waals surface area contributed by atoms with Crippen LogP contribution in [0.15, 0.2) is 42.5 Å². The first-order chi connectivity index (χ1) is 9.65. The van der Waals surface area contributed by atoms with Crippen LogP contribution in [0.25, 0.3) is 0 Å². The zero-order valence-corrected chi connectivity index (χ0v) is 11.7. The lowest BCUT2D eigenvalue weighted by Crippen LogP contribution is -2.22. The molecule has 0 radical (unpaired) electrons. The third kappa shape index (κ3) is 2.97. The Labute approximate surface area is 119 Å². The van der Waals surface area contributed by atoms with Crippen molar-refractivity contribution in [3.8, 4) is 6.07 Å². The first-order valence-electron chi connectivity index (χ1n) is 6.64. The number of aryl methyl sites for hydroxylation is 1. The second kappa shape index (κ2) is 6.21. The molecule has 0 bridgehead atoms. The van der Waals surface area contributed by atoms with Gasteiger partial charge >= 0.3 is 0 Å². The molecule has 20 heavy (non-hydrogen) atoms. The second-order valence-corrected chi connectivity index (χ2v) is 4.74. The first-order valence-corrected chi connectivity index (χ1v) is 6.64. The molecular weight excluding hydrogens is 251 g/mol. The van der Waals surface area contributed by atoms with Crippen molar-refractivity contribution >= 4 is 5.69 Å². The maximum atomic E-state index is 14.1. The standard InChI is InChI=1S/C17H17FN2/c1-3-20(16-9-7-13(2)8-10-16)12-15-6-4-5-14(11-19)17(15)18/h4-10H,3,12H2,1-2H3. The van der Waals surface area contributed by atoms with E-state index in [1.54, 1.807) is 12.1 Å². The highest BCUT2D eigenvalue weighted by Crippen LogP contribution is 2.20. The maximum Gasteiger partial charge on any atom is 0.145 e. The Hall–Kier alpha value is -2.34. The monoisotopic (exact) mass is 268 g/mol. The maximum absolute atomic E-state index is 14.1. The summed E-state index contributed by atoms with van der Waals surface area (Å²) in [6.45, 7) is 5.31. The van der Waals surface area contributed by atoms with Crippen molar-refractivity contribution in [3.63, 3.8) is 0 Å². The van der Waals surface area contributed by atoms with E-state index in [4.69, 9.17) is 5.26 Å². The van der Waals surface area contributed by atoms with Crippen LogP contribution < -0.4 is 4.90 Å². The van der Waals surface area contributed by atoms with Gasteiger partial charge in [0, 0.05) is 24.3 Å². The highest BCUT2D eigenvalue weighted by atomic mass is 19.1. The van der Waals surface area contributed by atoms with Crippen LogP contribution in [0.2, 0.25) is 0 Å². The van der Waals surface area contributed by atoms with Crippen molar-refractivity contribution < 1.29 is 4.39 Å². The smallest absolute Gasteiger partial charge is 0.145 e. The summed E-state index contributed by atoms with van der Waals surface area (Å²) in [6, 6.07) is 15.0. The summed E-state index contributed by atoms with van der Waals surface area (Å²) in [5.41, 5.74) is 2.90. The summed E-state index contributed by atoms with van der Waals surface area (Å²) >= 11 is 0. The van der Waals surface area contributed by atoms with Gasteiger partial charge in [-0.2, -0.15) is 5.26 Å². The molecule has 0 saturated carbocycles. The SMILES string of the molecule is CCN(Cc1cccc(C#N)c1F)c1ccc(C)cc1. The molecule has 0 fully saturated rings. The quantitative estimate of drug-likeness (QED) is 0.837. The molecule has 0 N–H and O–H groups in total. The first kappa shape index (κ1) is 14.1. The topological polar surface area (TPSA) is 27.0 Å². The molecule has 0 unspecified atom stereocenters. The van der Waals surface area contributed by atoms with Gasteiger partial charge in [0.2, 0.25) is 0 Å². The van der Waals surface area contributed by atoms with Crippen LogP contribution in [0.3, 0.4) is 0 Å². The Balaban J connectivity index is 2.27. The number of anilines is 1. The van der Waals surface area contributed by atoms with E-state index in [1.807, 2.05) is 44.2 Å². The summed E-state index contributed by atoms with van der Waals surface area (Å²) in [6.07, 6.45) is 0. The lowest BCUT2D eigenvalue weighted by Gasteiger charge is -2.23. The normalized spacial score (nSPS) is 10.1. The minimum absolute atomic E-state index is 0.0995. The largest absolute Gasteiger partial charge is 0.367 e. The number of rotatable bonds is 4. The molecule has 3 heteroatoms. The molecule has 102 valence electrons. The average Bonchev–Trinajstić information content (AvgIpc) is 2.47. The van der Waals surface area contributed by atoms with Crippen molar-refractivity contribution in [2.75, 3.05) is 11.4 Å². The Morgan fingerprint density at radius 1 is 1.15 bits per heavy atom. The van der Waals surface area contributed by atoms with Gasteiger partial charge in [-0.15, -0.1) is 0 Å². The van der Waals surface area contributed by atoms with Crippen molar-refractivity contribution in [2.24, 2.45) is 0 Å². The van der Waals surface area contributed by atoms with Crippen molar-refractivity contribution in [1.29, 1.82) is 5.26 Å². The fourth-order valence-corrected chi connectivity index (χ4v) is 2.14. The van der Waals surface area contributed by atoms with E-state index in [1.165, 1.54) is 11.6 Å². The van der Waals surface area contributed by atoms with E-state index in [2.05, 4.69) is 4.90 Å². The average molecular weight is 268 g/mol. The molecule has 0 heterocycles. The highest BCUT2D eigenvalue weighted by Gasteiger charge is 2.11. The molecule has 0 spiro atoms. The third-order valence-corrected chi connectivity index (χ3v) is 3.34. The van der Waals surface area contributed by atoms with Crippen LogP contribution in [0.4, 0.5) is 10.1 Å². The molecule has 0 aliphatic heterocycles. The van der Waals surface area contributed by atoms with E-state index in [0.29, 0.717) is 12.1 Å². The van der Waals surface area contributed by atoms with Crippen molar-refractivity contribution in [2.45, 2.75) is 20.4 Å². The van der Waals surface area contributed by atoms with Crippen LogP contribution in [0.5, 0.6) is 0 Å². The van der Waals surface area contributed by atoms with Crippen molar-refractivity contribution in [1.82, 2.24) is 0 Å². The van der Waals surface area contributed by atoms with Crippen LogP contribution in [0, 0.1) is 24.1 Å². The van der Waals surface area contributed by atoms with E-state index < -0.39 is 5.82 Å². The van der Waals surface area contributed by atoms with Gasteiger partial charge in [0.1, 0.15) is 11.9 Å². The molecular formula is C17H17FN2. The van der Waals surface area contributed by atoms with Gasteiger partial charge in [-0.05, 0) is 32.0 Å². The molecule has 2 aromatic rings. The van der Waals surface area contributed by atoms with Crippen molar-refractivity contribution in [3.05, 3.63) is 65.0 Å². The predicted molar refractivity (Wildman–Crippen MR) is 79.0 cm³/mol. The van der Waals surface area contributed by atoms with Gasteiger partial charge in [-0.3, -0.25) is 0 Å². The number of nitrogens with zero attached hydrogens (tertiary/aromatic N) is 2. The van der Waals surface area contributed by atoms with Gasteiger partial charge in [0.15, 0.2) is 0 Å². The summed E-state index contributed by atoms with van der Waals surface area (Å²) in [5.74, 6) is -0.416. The van der Waals surface area contributed by atoms with Crippen LogP contribution in [-0.2, 0) is 6.54 Å². The molecule has 2 aromatic carbocycles. The number of hydrogen-bond acceptors (Lipinski definition) is 2. The molecule has 0 atom stereocenters. The van der Waals surface area contributed by atoms with Gasteiger partial charge in [-0.25, -0.2) is 4.39 Å². The summed E-state index contributed by atoms with van der Waals surface area (Å²) in [4.78, 5) is 2.08. The Bertz CT molecular complexity index is 626. The fraction of sp³-hybridized carbons (Fsp3) is 0.235. The molecule has 0 aliphatic carbocycles. The zero-order chi connectivity index (χ0) is 14.5. The van der Waals surface area contributed by atoms with Crippen LogP contribution >= 0.6 is 0 Å². The molecule has 2 nitrogen and oxygen atoms in total. The molecule has 0 aromatic heterocycles. The minimum Gasteiger partial charge on any atom is -0.367 e. The summed E-state index contributed by atoms with van der Waals surface area (Å²) in [7, 11) is 0. The van der Waals surface area contributed by atoms with Gasteiger partial charge in [0.05, 0.1) is 5.56 Å². The second-order valence-electron chi connectivity index (χ2n) is 4.74. The minimum atomic E-state index is -0.416. The number of halogens is 1. The third-order valence-electron chi connectivity index (χ3n) is 3.34. The van der Waals surface area contributed by atoms with Gasteiger partial charge in [-0.1, -0.05) is 29.8 Å². The van der Waals surface area contributed by atoms with Gasteiger partial charge in [0.25, 0.3) is 0 Å². The van der Waals surface area contributed by atoms with E-state index in [9.17, 15) is 4.39 Å². The zero-order valence-electron chi connectivity index (χ0n) is 11.7. The lowest BCUT2D eigenvalue weighted by molar-refractivity contribution is 0.601. The number of hydrogen-bond donors (Lipinski definition) is 0. The number of nitriles is 1. The van der Waals surface area contributed by atoms with E-state index in [0.717, 1.165) is 12.2 Å². The Morgan fingerprint density at radius 3 is 2.45 bits per heavy atom. The lowest BCUT2D eigenvalue weighted by atomic mass is 10.1. The Morgan fingerprint density at radius 2 is 1.85 bits per heavy atom. The molecule has 0 aliphatic rings. The predicted octanol–water partition coefficient (Wildman–Crippen LogP) is 4.03. The molecule has 0 amide bonds. The van der Waals surface area contributed by atoms with E-state index >= 15 is 0 Å². The van der Waals surface area contributed by atoms with Crippen LogP contribution in [0.1, 0.15) is 23.6 Å². The molecule has 0 saturated heterocycles. The number of benzene rings is 2. The molecule has 2 rings (SSSR count). The Kier molecular flexibility index (Phi) is 4.37. The van der Waals surface area contributed by atoms with Crippen LogP contribution in [-0.4, -0.2) is 6.54 Å². The summed E-state index contributed by atoms with van der Waals surface area (Å²) in [5, 5.41) is 8.88.